The highest BCUT2D eigenvalue weighted by Gasteiger charge is 2.24. The Morgan fingerprint density at radius 2 is 2.06 bits per heavy atom. The number of rotatable bonds is 4. The van der Waals surface area contributed by atoms with E-state index >= 15 is 0 Å². The average Bonchev–Trinajstić information content (AvgIpc) is 2.73. The number of piperidine rings is 1. The summed E-state index contributed by atoms with van der Waals surface area (Å²) in [6.45, 7) is 4.07. The Morgan fingerprint density at radius 3 is 2.62 bits per heavy atom. The quantitative estimate of drug-likeness (QED) is 0.667. The lowest BCUT2D eigenvalue weighted by atomic mass is 10.0. The van der Waals surface area contributed by atoms with Gasteiger partial charge in [0.2, 0.25) is 5.91 Å². The van der Waals surface area contributed by atoms with Crippen molar-refractivity contribution in [2.45, 2.75) is 31.3 Å². The number of nitrogens with two attached hydrogens (primary N) is 1. The van der Waals surface area contributed by atoms with E-state index in [2.05, 4.69) is 10.2 Å². The van der Waals surface area contributed by atoms with Gasteiger partial charge in [-0.15, -0.1) is 0 Å². The standard InChI is InChI=1S/C11H21N3O2/c12-11(15)7-14-4-1-9(2-5-14)13-10-3-6-16-8-10/h9-10,13H,1-8H2,(H2,12,15). The van der Waals surface area contributed by atoms with Crippen LogP contribution in [0.15, 0.2) is 0 Å². The zero-order valence-electron chi connectivity index (χ0n) is 9.65. The second kappa shape index (κ2) is 5.61. The molecule has 2 heterocycles. The van der Waals surface area contributed by atoms with Gasteiger partial charge < -0.3 is 15.8 Å². The zero-order chi connectivity index (χ0) is 11.4. The topological polar surface area (TPSA) is 67.6 Å². The van der Waals surface area contributed by atoms with Crippen molar-refractivity contribution in [1.29, 1.82) is 0 Å². The van der Waals surface area contributed by atoms with Crippen LogP contribution >= 0.6 is 0 Å². The van der Waals surface area contributed by atoms with Crippen molar-refractivity contribution in [3.63, 3.8) is 0 Å². The van der Waals surface area contributed by atoms with Crippen LogP contribution < -0.4 is 11.1 Å². The van der Waals surface area contributed by atoms with Crippen LogP contribution in [0.5, 0.6) is 0 Å². The molecule has 0 bridgehead atoms. The lowest BCUT2D eigenvalue weighted by molar-refractivity contribution is -0.119. The highest BCUT2D eigenvalue weighted by atomic mass is 16.5. The van der Waals surface area contributed by atoms with Crippen molar-refractivity contribution in [1.82, 2.24) is 10.2 Å². The molecular formula is C11H21N3O2. The van der Waals surface area contributed by atoms with E-state index in [0.29, 0.717) is 18.6 Å². The van der Waals surface area contributed by atoms with E-state index in [0.717, 1.165) is 45.6 Å². The molecule has 0 saturated carbocycles. The summed E-state index contributed by atoms with van der Waals surface area (Å²) in [5.74, 6) is -0.226. The Kier molecular flexibility index (Phi) is 4.15. The van der Waals surface area contributed by atoms with E-state index in [-0.39, 0.29) is 5.91 Å². The fourth-order valence-electron chi connectivity index (χ4n) is 2.48. The molecule has 0 aromatic carbocycles. The van der Waals surface area contributed by atoms with Crippen LogP contribution in [-0.2, 0) is 9.53 Å². The average molecular weight is 227 g/mol. The van der Waals surface area contributed by atoms with Gasteiger partial charge in [-0.2, -0.15) is 0 Å². The molecule has 16 heavy (non-hydrogen) atoms. The van der Waals surface area contributed by atoms with Crippen molar-refractivity contribution in [2.24, 2.45) is 5.73 Å². The first kappa shape index (κ1) is 11.8. The lowest BCUT2D eigenvalue weighted by Crippen LogP contribution is -2.48. The van der Waals surface area contributed by atoms with E-state index in [9.17, 15) is 4.79 Å². The molecule has 2 aliphatic rings. The predicted octanol–water partition coefficient (Wildman–Crippen LogP) is -0.685. The molecule has 2 fully saturated rings. The molecule has 2 aliphatic heterocycles. The molecule has 0 aliphatic carbocycles. The first-order chi connectivity index (χ1) is 7.74. The number of ether oxygens (including phenoxy) is 1. The maximum atomic E-state index is 10.8. The SMILES string of the molecule is NC(=O)CN1CCC(NC2CCOC2)CC1. The fourth-order valence-corrected chi connectivity index (χ4v) is 2.48. The lowest BCUT2D eigenvalue weighted by Gasteiger charge is -2.32. The van der Waals surface area contributed by atoms with Crippen LogP contribution in [0.2, 0.25) is 0 Å². The maximum absolute atomic E-state index is 10.8. The minimum absolute atomic E-state index is 0.226. The maximum Gasteiger partial charge on any atom is 0.231 e. The third kappa shape index (κ3) is 3.43. The number of likely N-dealkylation sites (tertiary alicyclic amines) is 1. The van der Waals surface area contributed by atoms with Crippen LogP contribution in [0.3, 0.4) is 0 Å². The van der Waals surface area contributed by atoms with Gasteiger partial charge >= 0.3 is 0 Å². The normalized spacial score (nSPS) is 28.4. The summed E-state index contributed by atoms with van der Waals surface area (Å²) in [5, 5.41) is 3.62. The van der Waals surface area contributed by atoms with Crippen LogP contribution in [-0.4, -0.2) is 55.7 Å². The van der Waals surface area contributed by atoms with Crippen molar-refractivity contribution < 1.29 is 9.53 Å². The second-order valence-corrected chi connectivity index (χ2v) is 4.74. The summed E-state index contributed by atoms with van der Waals surface area (Å²) < 4.78 is 5.34. The van der Waals surface area contributed by atoms with Gasteiger partial charge in [-0.25, -0.2) is 0 Å². The molecule has 3 N–H and O–H groups in total. The van der Waals surface area contributed by atoms with E-state index in [1.165, 1.54) is 0 Å². The number of primary amides is 1. The van der Waals surface area contributed by atoms with Gasteiger partial charge in [0.25, 0.3) is 0 Å². The molecule has 5 heteroatoms. The van der Waals surface area contributed by atoms with Crippen molar-refractivity contribution in [3.8, 4) is 0 Å². The highest BCUT2D eigenvalue weighted by molar-refractivity contribution is 5.75. The predicted molar refractivity (Wildman–Crippen MR) is 61.0 cm³/mol. The molecule has 0 aromatic rings. The van der Waals surface area contributed by atoms with E-state index < -0.39 is 0 Å². The summed E-state index contributed by atoms with van der Waals surface area (Å²) in [4.78, 5) is 12.9. The Hall–Kier alpha value is -0.650. The van der Waals surface area contributed by atoms with Gasteiger partial charge in [0, 0.05) is 31.8 Å². The van der Waals surface area contributed by atoms with Gasteiger partial charge in [-0.1, -0.05) is 0 Å². The van der Waals surface area contributed by atoms with E-state index in [1.807, 2.05) is 0 Å². The van der Waals surface area contributed by atoms with E-state index in [4.69, 9.17) is 10.5 Å². The molecule has 1 amide bonds. The van der Waals surface area contributed by atoms with Gasteiger partial charge in [-0.05, 0) is 19.3 Å². The molecule has 5 nitrogen and oxygen atoms in total. The van der Waals surface area contributed by atoms with Crippen molar-refractivity contribution in [2.75, 3.05) is 32.8 Å². The van der Waals surface area contributed by atoms with Gasteiger partial charge in [0.15, 0.2) is 0 Å². The largest absolute Gasteiger partial charge is 0.380 e. The monoisotopic (exact) mass is 227 g/mol. The molecule has 0 radical (unpaired) electrons. The summed E-state index contributed by atoms with van der Waals surface area (Å²) in [6.07, 6.45) is 3.33. The molecule has 92 valence electrons. The number of nitrogens with zero attached hydrogens (tertiary/aromatic N) is 1. The second-order valence-electron chi connectivity index (χ2n) is 4.74. The third-order valence-corrected chi connectivity index (χ3v) is 3.37. The van der Waals surface area contributed by atoms with Crippen LogP contribution in [0.25, 0.3) is 0 Å². The fraction of sp³-hybridized carbons (Fsp3) is 0.909. The van der Waals surface area contributed by atoms with Crippen LogP contribution in [0.1, 0.15) is 19.3 Å². The summed E-state index contributed by atoms with van der Waals surface area (Å²) in [7, 11) is 0. The number of nitrogens with one attached hydrogen (secondary N) is 1. The smallest absolute Gasteiger partial charge is 0.231 e. The Bertz CT molecular complexity index is 233. The van der Waals surface area contributed by atoms with Crippen molar-refractivity contribution >= 4 is 5.91 Å². The van der Waals surface area contributed by atoms with Crippen LogP contribution in [0, 0.1) is 0 Å². The van der Waals surface area contributed by atoms with Gasteiger partial charge in [0.1, 0.15) is 0 Å². The number of carbonyl (C=O) groups is 1. The summed E-state index contributed by atoms with van der Waals surface area (Å²) >= 11 is 0. The summed E-state index contributed by atoms with van der Waals surface area (Å²) in [6, 6.07) is 1.11. The number of hydrogen-bond acceptors (Lipinski definition) is 4. The zero-order valence-corrected chi connectivity index (χ0v) is 9.65. The molecule has 2 rings (SSSR count). The minimum Gasteiger partial charge on any atom is -0.380 e. The third-order valence-electron chi connectivity index (χ3n) is 3.37. The van der Waals surface area contributed by atoms with E-state index in [1.54, 1.807) is 0 Å². The Balaban J connectivity index is 1.66. The first-order valence-electron chi connectivity index (χ1n) is 6.08. The summed E-state index contributed by atoms with van der Waals surface area (Å²) in [5.41, 5.74) is 5.18. The molecule has 0 spiro atoms. The molecule has 2 saturated heterocycles. The molecule has 0 aromatic heterocycles. The first-order valence-corrected chi connectivity index (χ1v) is 6.08. The Morgan fingerprint density at radius 1 is 1.31 bits per heavy atom. The van der Waals surface area contributed by atoms with Gasteiger partial charge in [0.05, 0.1) is 13.2 Å². The van der Waals surface area contributed by atoms with Gasteiger partial charge in [-0.3, -0.25) is 9.69 Å². The number of amides is 1. The molecule has 1 unspecified atom stereocenters. The van der Waals surface area contributed by atoms with Crippen LogP contribution in [0.4, 0.5) is 0 Å². The highest BCUT2D eigenvalue weighted by Crippen LogP contribution is 2.13. The number of hydrogen-bond donors (Lipinski definition) is 2. The number of carbonyl (C=O) groups excluding carboxylic acids is 1. The van der Waals surface area contributed by atoms with Crippen molar-refractivity contribution in [3.05, 3.63) is 0 Å². The molecular weight excluding hydrogens is 206 g/mol. The minimum atomic E-state index is -0.226. The Labute approximate surface area is 96.3 Å². The molecule has 1 atom stereocenters.